The van der Waals surface area contributed by atoms with Crippen molar-refractivity contribution in [3.8, 4) is 5.75 Å². The maximum absolute atomic E-state index is 11.6. The molecule has 23 heavy (non-hydrogen) atoms. The Bertz CT molecular complexity index is 741. The van der Waals surface area contributed by atoms with Crippen molar-refractivity contribution in [3.63, 3.8) is 0 Å². The third-order valence-corrected chi connectivity index (χ3v) is 4.45. The third kappa shape index (κ3) is 4.40. The Balaban J connectivity index is 2.26. The summed E-state index contributed by atoms with van der Waals surface area (Å²) in [4.78, 5) is 11.6. The maximum atomic E-state index is 11.6. The predicted octanol–water partition coefficient (Wildman–Crippen LogP) is 4.99. The Morgan fingerprint density at radius 1 is 1.13 bits per heavy atom. The van der Waals surface area contributed by atoms with Crippen LogP contribution < -0.4 is 4.74 Å². The number of carboxylic acid groups (broad SMARTS) is 1. The zero-order valence-corrected chi connectivity index (χ0v) is 14.7. The van der Waals surface area contributed by atoms with Gasteiger partial charge < -0.3 is 9.84 Å². The van der Waals surface area contributed by atoms with Gasteiger partial charge in [-0.3, -0.25) is 0 Å². The quantitative estimate of drug-likeness (QED) is 0.823. The minimum absolute atomic E-state index is 0.207. The number of rotatable bonds is 5. The van der Waals surface area contributed by atoms with Crippen molar-refractivity contribution in [2.45, 2.75) is 33.3 Å². The van der Waals surface area contributed by atoms with Crippen LogP contribution in [0.2, 0.25) is 10.0 Å². The molecule has 2 aromatic carbocycles. The first kappa shape index (κ1) is 17.6. The molecule has 0 radical (unpaired) electrons. The van der Waals surface area contributed by atoms with E-state index in [1.54, 1.807) is 18.2 Å². The highest BCUT2D eigenvalue weighted by Gasteiger charge is 2.21. The summed E-state index contributed by atoms with van der Waals surface area (Å²) in [5.41, 5.74) is 3.80. The fourth-order valence-corrected chi connectivity index (χ4v) is 2.66. The summed E-state index contributed by atoms with van der Waals surface area (Å²) in [6.07, 6.45) is -0.786. The first-order valence-corrected chi connectivity index (χ1v) is 7.94. The summed E-state index contributed by atoms with van der Waals surface area (Å²) in [6.45, 7) is 5.85. The molecule has 0 aliphatic heterocycles. The Labute approximate surface area is 145 Å². The van der Waals surface area contributed by atoms with Crippen LogP contribution in [0.1, 0.15) is 22.3 Å². The molecule has 122 valence electrons. The molecular weight excluding hydrogens is 335 g/mol. The molecule has 0 amide bonds. The van der Waals surface area contributed by atoms with Crippen molar-refractivity contribution in [1.82, 2.24) is 0 Å². The second kappa shape index (κ2) is 7.24. The van der Waals surface area contributed by atoms with E-state index in [-0.39, 0.29) is 6.42 Å². The van der Waals surface area contributed by atoms with Gasteiger partial charge in [0.15, 0.2) is 6.10 Å². The van der Waals surface area contributed by atoms with Crippen LogP contribution in [0.3, 0.4) is 0 Å². The van der Waals surface area contributed by atoms with Gasteiger partial charge in [0.25, 0.3) is 0 Å². The molecule has 0 bridgehead atoms. The highest BCUT2D eigenvalue weighted by atomic mass is 35.5. The number of halogens is 2. The smallest absolute Gasteiger partial charge is 0.345 e. The standard InChI is InChI=1S/C18H18Cl2O3/c1-10-6-11(2)12(3)16(7-10)23-17(18(21)22)9-13-4-5-14(19)15(20)8-13/h4-8,17H,9H2,1-3H3,(H,21,22)/t17-/m1/s1. The van der Waals surface area contributed by atoms with Crippen molar-refractivity contribution >= 4 is 29.2 Å². The van der Waals surface area contributed by atoms with Crippen molar-refractivity contribution in [2.75, 3.05) is 0 Å². The minimum atomic E-state index is -1.02. The zero-order valence-electron chi connectivity index (χ0n) is 13.2. The first-order chi connectivity index (χ1) is 10.8. The summed E-state index contributed by atoms with van der Waals surface area (Å²) in [6, 6.07) is 8.96. The van der Waals surface area contributed by atoms with Gasteiger partial charge in [0.1, 0.15) is 5.75 Å². The van der Waals surface area contributed by atoms with E-state index >= 15 is 0 Å². The van der Waals surface area contributed by atoms with Gasteiger partial charge in [-0.2, -0.15) is 0 Å². The van der Waals surface area contributed by atoms with Crippen LogP contribution in [0.15, 0.2) is 30.3 Å². The first-order valence-electron chi connectivity index (χ1n) is 7.19. The van der Waals surface area contributed by atoms with Crippen LogP contribution in [0, 0.1) is 20.8 Å². The highest BCUT2D eigenvalue weighted by molar-refractivity contribution is 6.42. The van der Waals surface area contributed by atoms with Crippen LogP contribution in [0.5, 0.6) is 5.75 Å². The van der Waals surface area contributed by atoms with Gasteiger partial charge in [0, 0.05) is 6.42 Å². The van der Waals surface area contributed by atoms with Crippen molar-refractivity contribution in [1.29, 1.82) is 0 Å². The molecule has 1 N–H and O–H groups in total. The minimum Gasteiger partial charge on any atom is -0.478 e. The fourth-order valence-electron chi connectivity index (χ4n) is 2.34. The average Bonchev–Trinajstić information content (AvgIpc) is 2.47. The average molecular weight is 353 g/mol. The van der Waals surface area contributed by atoms with Gasteiger partial charge in [-0.1, -0.05) is 35.3 Å². The molecule has 0 aromatic heterocycles. The lowest BCUT2D eigenvalue weighted by atomic mass is 10.0. The lowest BCUT2D eigenvalue weighted by Gasteiger charge is -2.18. The van der Waals surface area contributed by atoms with Gasteiger partial charge in [-0.25, -0.2) is 4.79 Å². The number of carbonyl (C=O) groups is 1. The number of ether oxygens (including phenoxy) is 1. The van der Waals surface area contributed by atoms with Crippen LogP contribution in [0.4, 0.5) is 0 Å². The molecular formula is C18H18Cl2O3. The predicted molar refractivity (Wildman–Crippen MR) is 92.9 cm³/mol. The van der Waals surface area contributed by atoms with Crippen LogP contribution >= 0.6 is 23.2 Å². The molecule has 0 spiro atoms. The van der Waals surface area contributed by atoms with Gasteiger partial charge in [0.2, 0.25) is 0 Å². The van der Waals surface area contributed by atoms with E-state index in [1.807, 2.05) is 32.9 Å². The van der Waals surface area contributed by atoms with Crippen LogP contribution in [-0.4, -0.2) is 17.2 Å². The van der Waals surface area contributed by atoms with Gasteiger partial charge in [-0.05, 0) is 61.2 Å². The molecule has 0 saturated carbocycles. The van der Waals surface area contributed by atoms with E-state index in [4.69, 9.17) is 27.9 Å². The molecule has 0 saturated heterocycles. The van der Waals surface area contributed by atoms with Gasteiger partial charge in [-0.15, -0.1) is 0 Å². The molecule has 0 aliphatic carbocycles. The van der Waals surface area contributed by atoms with Crippen molar-refractivity contribution < 1.29 is 14.6 Å². The number of hydrogen-bond donors (Lipinski definition) is 1. The van der Waals surface area contributed by atoms with Crippen LogP contribution in [-0.2, 0) is 11.2 Å². The molecule has 0 fully saturated rings. The number of benzene rings is 2. The summed E-state index contributed by atoms with van der Waals surface area (Å²) in [5.74, 6) is -0.426. The molecule has 0 unspecified atom stereocenters. The van der Waals surface area contributed by atoms with E-state index in [0.29, 0.717) is 15.8 Å². The van der Waals surface area contributed by atoms with Gasteiger partial charge in [0.05, 0.1) is 10.0 Å². The highest BCUT2D eigenvalue weighted by Crippen LogP contribution is 2.27. The Kier molecular flexibility index (Phi) is 5.55. The second-order valence-corrected chi connectivity index (χ2v) is 6.42. The van der Waals surface area contributed by atoms with Crippen molar-refractivity contribution in [3.05, 3.63) is 62.6 Å². The third-order valence-electron chi connectivity index (χ3n) is 3.71. The maximum Gasteiger partial charge on any atom is 0.345 e. The van der Waals surface area contributed by atoms with Gasteiger partial charge >= 0.3 is 5.97 Å². The number of aliphatic carboxylic acids is 1. The Morgan fingerprint density at radius 3 is 2.43 bits per heavy atom. The summed E-state index contributed by atoms with van der Waals surface area (Å²) >= 11 is 11.9. The number of hydrogen-bond acceptors (Lipinski definition) is 2. The fraction of sp³-hybridized carbons (Fsp3) is 0.278. The molecule has 2 rings (SSSR count). The SMILES string of the molecule is Cc1cc(C)c(C)c(O[C@H](Cc2ccc(Cl)c(Cl)c2)C(=O)O)c1. The number of aryl methyl sites for hydroxylation is 2. The Hall–Kier alpha value is -1.71. The molecule has 3 nitrogen and oxygen atoms in total. The molecule has 2 aromatic rings. The topological polar surface area (TPSA) is 46.5 Å². The zero-order chi connectivity index (χ0) is 17.1. The summed E-state index contributed by atoms with van der Waals surface area (Å²) in [5, 5.41) is 10.3. The van der Waals surface area contributed by atoms with Crippen LogP contribution in [0.25, 0.3) is 0 Å². The normalized spacial score (nSPS) is 12.0. The lowest BCUT2D eigenvalue weighted by molar-refractivity contribution is -0.145. The van der Waals surface area contributed by atoms with E-state index in [1.165, 1.54) is 0 Å². The van der Waals surface area contributed by atoms with E-state index in [0.717, 1.165) is 22.3 Å². The summed E-state index contributed by atoms with van der Waals surface area (Å²) in [7, 11) is 0. The van der Waals surface area contributed by atoms with E-state index in [2.05, 4.69) is 0 Å². The van der Waals surface area contributed by atoms with E-state index in [9.17, 15) is 9.90 Å². The monoisotopic (exact) mass is 352 g/mol. The molecule has 5 heteroatoms. The molecule has 1 atom stereocenters. The molecule has 0 aliphatic rings. The second-order valence-electron chi connectivity index (χ2n) is 5.60. The summed E-state index contributed by atoms with van der Waals surface area (Å²) < 4.78 is 5.77. The Morgan fingerprint density at radius 2 is 1.83 bits per heavy atom. The lowest BCUT2D eigenvalue weighted by Crippen LogP contribution is -2.29. The number of carboxylic acids is 1. The van der Waals surface area contributed by atoms with Crippen molar-refractivity contribution in [2.24, 2.45) is 0 Å². The largest absolute Gasteiger partial charge is 0.478 e. The molecule has 0 heterocycles. The van der Waals surface area contributed by atoms with E-state index < -0.39 is 12.1 Å².